The third-order valence-corrected chi connectivity index (χ3v) is 4.24. The molecule has 172 valence electrons. The Hall–Kier alpha value is -3.25. The number of nitrogens with zero attached hydrogens (tertiary/aromatic N) is 2. The van der Waals surface area contributed by atoms with Crippen LogP contribution in [-0.2, 0) is 19.2 Å². The molecule has 0 aliphatic heterocycles. The van der Waals surface area contributed by atoms with Gasteiger partial charge < -0.3 is 29.4 Å². The predicted octanol–water partition coefficient (Wildman–Crippen LogP) is 0.329. The van der Waals surface area contributed by atoms with E-state index in [4.69, 9.17) is 19.7 Å². The molecule has 0 unspecified atom stereocenters. The highest BCUT2D eigenvalue weighted by Crippen LogP contribution is 2.20. The maximum Gasteiger partial charge on any atom is 0.342 e. The fraction of sp³-hybridized carbons (Fsp3) is 0.526. The number of carbonyl (C=O) groups is 3. The van der Waals surface area contributed by atoms with Crippen LogP contribution in [0.25, 0.3) is 0 Å². The van der Waals surface area contributed by atoms with Gasteiger partial charge in [-0.1, -0.05) is 18.6 Å². The fourth-order valence-corrected chi connectivity index (χ4v) is 2.40. The molecule has 0 aromatic heterocycles. The number of aliphatic hydroxyl groups is 2. The maximum absolute atomic E-state index is 12.3. The van der Waals surface area contributed by atoms with E-state index in [0.717, 1.165) is 4.90 Å². The Morgan fingerprint density at radius 1 is 1.13 bits per heavy atom. The quantitative estimate of drug-likeness (QED) is 0.135. The van der Waals surface area contributed by atoms with Crippen molar-refractivity contribution in [1.29, 1.82) is 0 Å². The zero-order chi connectivity index (χ0) is 23.2. The smallest absolute Gasteiger partial charge is 0.342 e. The highest BCUT2D eigenvalue weighted by molar-refractivity contribution is 5.94. The van der Waals surface area contributed by atoms with Gasteiger partial charge in [-0.2, -0.15) is 0 Å². The second-order valence-corrected chi connectivity index (χ2v) is 6.44. The summed E-state index contributed by atoms with van der Waals surface area (Å²) in [6.45, 7) is -1.58. The lowest BCUT2D eigenvalue weighted by Crippen LogP contribution is -2.43. The summed E-state index contributed by atoms with van der Waals surface area (Å²) in [6, 6.07) is 5.05. The molecule has 0 saturated heterocycles. The highest BCUT2D eigenvalue weighted by Gasteiger charge is 2.22. The first kappa shape index (κ1) is 25.8. The molecule has 1 aromatic carbocycles. The predicted molar refractivity (Wildman–Crippen MR) is 105 cm³/mol. The Balaban J connectivity index is 2.54. The Morgan fingerprint density at radius 2 is 1.81 bits per heavy atom. The van der Waals surface area contributed by atoms with Gasteiger partial charge in [0.15, 0.2) is 6.61 Å². The molecular formula is C19H26N2O10. The van der Waals surface area contributed by atoms with Crippen LogP contribution < -0.4 is 4.74 Å². The molecule has 31 heavy (non-hydrogen) atoms. The molecule has 0 radical (unpaired) electrons. The van der Waals surface area contributed by atoms with Crippen LogP contribution in [0.1, 0.15) is 36.0 Å². The first-order valence-corrected chi connectivity index (χ1v) is 9.51. The van der Waals surface area contributed by atoms with Crippen molar-refractivity contribution in [2.45, 2.75) is 31.7 Å². The lowest BCUT2D eigenvalue weighted by molar-refractivity contribution is -0.757. The van der Waals surface area contributed by atoms with Gasteiger partial charge >= 0.3 is 11.9 Å². The van der Waals surface area contributed by atoms with Crippen molar-refractivity contribution in [1.82, 2.24) is 4.90 Å². The number of para-hydroxylation sites is 1. The van der Waals surface area contributed by atoms with Crippen LogP contribution in [0.15, 0.2) is 24.3 Å². The van der Waals surface area contributed by atoms with Crippen molar-refractivity contribution in [2.24, 2.45) is 0 Å². The number of rotatable bonds is 14. The molecule has 0 bridgehead atoms. The summed E-state index contributed by atoms with van der Waals surface area (Å²) in [6.07, 6.45) is 1.39. The molecule has 12 nitrogen and oxygen atoms in total. The monoisotopic (exact) mass is 442 g/mol. The number of aliphatic hydroxyl groups excluding tert-OH is 2. The minimum absolute atomic E-state index is 0.0291. The van der Waals surface area contributed by atoms with Crippen LogP contribution >= 0.6 is 0 Å². The summed E-state index contributed by atoms with van der Waals surface area (Å²) in [5.74, 6) is -2.14. The van der Waals surface area contributed by atoms with Crippen LogP contribution in [0.4, 0.5) is 0 Å². The van der Waals surface area contributed by atoms with Crippen molar-refractivity contribution in [3.05, 3.63) is 39.9 Å². The summed E-state index contributed by atoms with van der Waals surface area (Å²) in [5.41, 5.74) is -0.0495. The molecular weight excluding hydrogens is 416 g/mol. The van der Waals surface area contributed by atoms with Crippen molar-refractivity contribution in [2.75, 3.05) is 33.5 Å². The Morgan fingerprint density at radius 3 is 2.45 bits per heavy atom. The normalized spacial score (nSPS) is 10.5. The van der Waals surface area contributed by atoms with E-state index in [2.05, 4.69) is 4.84 Å². The van der Waals surface area contributed by atoms with Gasteiger partial charge in [0, 0.05) is 13.5 Å². The molecule has 0 spiro atoms. The summed E-state index contributed by atoms with van der Waals surface area (Å²) < 4.78 is 10.2. The van der Waals surface area contributed by atoms with Crippen LogP contribution in [-0.4, -0.2) is 77.6 Å². The van der Waals surface area contributed by atoms with E-state index < -0.39 is 48.8 Å². The molecule has 0 heterocycles. The van der Waals surface area contributed by atoms with Crippen molar-refractivity contribution in [3.8, 4) is 5.75 Å². The Bertz CT molecular complexity index is 751. The van der Waals surface area contributed by atoms with Crippen LogP contribution in [0.2, 0.25) is 0 Å². The number of amides is 1. The number of carbonyl (C=O) groups excluding carboxylic acids is 3. The molecule has 1 amide bonds. The number of hydrogen-bond donors (Lipinski definition) is 2. The highest BCUT2D eigenvalue weighted by atomic mass is 16.9. The molecule has 0 fully saturated rings. The van der Waals surface area contributed by atoms with Crippen molar-refractivity contribution < 1.29 is 44.0 Å². The van der Waals surface area contributed by atoms with Crippen molar-refractivity contribution in [3.63, 3.8) is 0 Å². The number of unbranched alkanes of at least 4 members (excludes halogenated alkanes) is 2. The van der Waals surface area contributed by atoms with E-state index in [1.807, 2.05) is 0 Å². The summed E-state index contributed by atoms with van der Waals surface area (Å²) in [4.78, 5) is 51.6. The van der Waals surface area contributed by atoms with Gasteiger partial charge in [0.1, 0.15) is 11.3 Å². The zero-order valence-corrected chi connectivity index (χ0v) is 17.1. The average molecular weight is 442 g/mol. The Labute approximate surface area is 178 Å². The second-order valence-electron chi connectivity index (χ2n) is 6.44. The number of hydrogen-bond acceptors (Lipinski definition) is 10. The van der Waals surface area contributed by atoms with E-state index in [1.54, 1.807) is 6.07 Å². The molecule has 12 heteroatoms. The van der Waals surface area contributed by atoms with Gasteiger partial charge in [-0.15, -0.1) is 10.1 Å². The van der Waals surface area contributed by atoms with E-state index >= 15 is 0 Å². The molecule has 0 saturated carbocycles. The molecule has 2 N–H and O–H groups in total. The summed E-state index contributed by atoms with van der Waals surface area (Å²) >= 11 is 0. The SMILES string of the molecule is CN(C(=O)COC(=O)c1ccccc1OC(=O)CCCCCO[N+](=O)[O-])C(CO)CO. The van der Waals surface area contributed by atoms with Crippen LogP contribution in [0, 0.1) is 10.1 Å². The van der Waals surface area contributed by atoms with E-state index in [-0.39, 0.29) is 24.3 Å². The van der Waals surface area contributed by atoms with Crippen LogP contribution in [0.5, 0.6) is 5.75 Å². The zero-order valence-electron chi connectivity index (χ0n) is 17.1. The topological polar surface area (TPSA) is 166 Å². The second kappa shape index (κ2) is 13.9. The minimum atomic E-state index is -0.883. The molecule has 0 atom stereocenters. The molecule has 1 rings (SSSR count). The minimum Gasteiger partial charge on any atom is -0.452 e. The number of ether oxygens (including phenoxy) is 2. The van der Waals surface area contributed by atoms with Gasteiger partial charge in [0.2, 0.25) is 0 Å². The first-order valence-electron chi connectivity index (χ1n) is 9.51. The van der Waals surface area contributed by atoms with Gasteiger partial charge in [0.25, 0.3) is 11.0 Å². The van der Waals surface area contributed by atoms with E-state index in [1.165, 1.54) is 25.2 Å². The lowest BCUT2D eigenvalue weighted by atomic mass is 10.2. The number of esters is 2. The van der Waals surface area contributed by atoms with Crippen molar-refractivity contribution >= 4 is 17.8 Å². The first-order chi connectivity index (χ1) is 14.8. The largest absolute Gasteiger partial charge is 0.452 e. The van der Waals surface area contributed by atoms with Gasteiger partial charge in [0.05, 0.1) is 25.9 Å². The third-order valence-electron chi connectivity index (χ3n) is 4.24. The van der Waals surface area contributed by atoms with Gasteiger partial charge in [-0.25, -0.2) is 4.79 Å². The molecule has 0 aliphatic rings. The summed E-state index contributed by atoms with van der Waals surface area (Å²) in [5, 5.41) is 27.4. The fourth-order valence-electron chi connectivity index (χ4n) is 2.40. The third kappa shape index (κ3) is 9.40. The number of benzene rings is 1. The molecule has 0 aliphatic carbocycles. The maximum atomic E-state index is 12.3. The standard InChI is InChI=1S/C19H26N2O10/c1-20(14(11-22)12-23)17(24)13-29-19(26)15-7-4-5-8-16(15)31-18(25)9-3-2-6-10-30-21(27)28/h4-5,7-8,14,22-23H,2-3,6,9-13H2,1H3. The Kier molecular flexibility index (Phi) is 11.5. The molecule has 1 aromatic rings. The van der Waals surface area contributed by atoms with E-state index in [0.29, 0.717) is 19.3 Å². The van der Waals surface area contributed by atoms with Gasteiger partial charge in [-0.3, -0.25) is 9.59 Å². The lowest BCUT2D eigenvalue weighted by Gasteiger charge is -2.24. The summed E-state index contributed by atoms with van der Waals surface area (Å²) in [7, 11) is 1.35. The van der Waals surface area contributed by atoms with Crippen LogP contribution in [0.3, 0.4) is 0 Å². The average Bonchev–Trinajstić information content (AvgIpc) is 2.75. The van der Waals surface area contributed by atoms with E-state index in [9.17, 15) is 24.5 Å². The van der Waals surface area contributed by atoms with Gasteiger partial charge in [-0.05, 0) is 25.0 Å². The number of likely N-dealkylation sites (N-methyl/N-ethyl adjacent to an activating group) is 1.